The molecule has 3 heterocycles. The van der Waals surface area contributed by atoms with Gasteiger partial charge in [0, 0.05) is 30.9 Å². The molecule has 1 aliphatic heterocycles. The Hall–Kier alpha value is -3.29. The minimum atomic E-state index is -0.309. The van der Waals surface area contributed by atoms with Gasteiger partial charge in [-0.05, 0) is 49.6 Å². The van der Waals surface area contributed by atoms with Gasteiger partial charge in [-0.2, -0.15) is 5.10 Å². The first kappa shape index (κ1) is 19.0. The van der Waals surface area contributed by atoms with Crippen molar-refractivity contribution in [1.82, 2.24) is 24.6 Å². The van der Waals surface area contributed by atoms with Crippen LogP contribution in [0.2, 0.25) is 0 Å². The summed E-state index contributed by atoms with van der Waals surface area (Å²) in [5.74, 6) is 0.261. The van der Waals surface area contributed by atoms with Crippen LogP contribution in [0.1, 0.15) is 40.3 Å². The van der Waals surface area contributed by atoms with Crippen LogP contribution >= 0.6 is 0 Å². The normalized spacial score (nSPS) is 16.1. The Morgan fingerprint density at radius 3 is 2.79 bits per heavy atom. The highest BCUT2D eigenvalue weighted by Gasteiger charge is 2.23. The number of benzene rings is 1. The van der Waals surface area contributed by atoms with Crippen LogP contribution in [0.3, 0.4) is 0 Å². The molecule has 0 radical (unpaired) electrons. The largest absolute Gasteiger partial charge is 0.349 e. The van der Waals surface area contributed by atoms with Crippen LogP contribution in [0.25, 0.3) is 0 Å². The van der Waals surface area contributed by atoms with Crippen molar-refractivity contribution in [3.63, 3.8) is 0 Å². The lowest BCUT2D eigenvalue weighted by Crippen LogP contribution is -2.36. The van der Waals surface area contributed by atoms with E-state index in [9.17, 15) is 14.0 Å². The zero-order chi connectivity index (χ0) is 20.4. The maximum absolute atomic E-state index is 13.1. The van der Waals surface area contributed by atoms with E-state index in [4.69, 9.17) is 0 Å². The van der Waals surface area contributed by atoms with Gasteiger partial charge in [-0.15, -0.1) is 0 Å². The summed E-state index contributed by atoms with van der Waals surface area (Å²) in [5.41, 5.74) is 1.89. The number of hydrogen-bond acceptors (Lipinski definition) is 4. The van der Waals surface area contributed by atoms with Gasteiger partial charge in [-0.25, -0.2) is 13.9 Å². The van der Waals surface area contributed by atoms with Gasteiger partial charge in [0.2, 0.25) is 0 Å². The number of aryl methyl sites for hydroxylation is 2. The smallest absolute Gasteiger partial charge is 0.346 e. The summed E-state index contributed by atoms with van der Waals surface area (Å²) >= 11 is 0. The molecule has 0 aliphatic carbocycles. The lowest BCUT2D eigenvalue weighted by Gasteiger charge is -2.16. The number of rotatable bonds is 4. The number of pyridine rings is 1. The lowest BCUT2D eigenvalue weighted by atomic mass is 10.1. The first-order chi connectivity index (χ1) is 14.0. The second kappa shape index (κ2) is 7.98. The third kappa shape index (κ3) is 4.11. The van der Waals surface area contributed by atoms with Crippen molar-refractivity contribution in [2.45, 2.75) is 45.3 Å². The Kier molecular flexibility index (Phi) is 5.24. The summed E-state index contributed by atoms with van der Waals surface area (Å²) in [6, 6.07) is 9.52. The number of nitrogens with one attached hydrogen (secondary N) is 1. The molecule has 1 aromatic carbocycles. The van der Waals surface area contributed by atoms with Crippen LogP contribution in [0, 0.1) is 12.7 Å². The molecule has 4 rings (SSSR count). The molecule has 1 unspecified atom stereocenters. The molecule has 150 valence electrons. The SMILES string of the molecule is Cc1ncccc1C(=O)NC1CCc2nn(Cc3ccc(F)cc3)c(=O)n2CC1. The maximum Gasteiger partial charge on any atom is 0.346 e. The molecule has 3 aromatic rings. The Balaban J connectivity index is 1.44. The van der Waals surface area contributed by atoms with Crippen LogP contribution in [0.5, 0.6) is 0 Å². The molecule has 0 saturated heterocycles. The second-order valence-corrected chi connectivity index (χ2v) is 7.27. The lowest BCUT2D eigenvalue weighted by molar-refractivity contribution is 0.0932. The fourth-order valence-corrected chi connectivity index (χ4v) is 3.63. The Morgan fingerprint density at radius 1 is 1.24 bits per heavy atom. The van der Waals surface area contributed by atoms with Crippen molar-refractivity contribution < 1.29 is 9.18 Å². The van der Waals surface area contributed by atoms with Gasteiger partial charge in [0.25, 0.3) is 5.91 Å². The fraction of sp³-hybridized carbons (Fsp3) is 0.333. The summed E-state index contributed by atoms with van der Waals surface area (Å²) in [7, 11) is 0. The third-order valence-corrected chi connectivity index (χ3v) is 5.25. The van der Waals surface area contributed by atoms with Crippen LogP contribution in [0.4, 0.5) is 4.39 Å². The summed E-state index contributed by atoms with van der Waals surface area (Å²) in [4.78, 5) is 29.4. The maximum atomic E-state index is 13.1. The summed E-state index contributed by atoms with van der Waals surface area (Å²) in [6.45, 7) is 2.61. The predicted octanol–water partition coefficient (Wildman–Crippen LogP) is 2.07. The van der Waals surface area contributed by atoms with E-state index >= 15 is 0 Å². The average Bonchev–Trinajstić information content (AvgIpc) is 2.87. The predicted molar refractivity (Wildman–Crippen MR) is 105 cm³/mol. The zero-order valence-electron chi connectivity index (χ0n) is 16.1. The van der Waals surface area contributed by atoms with Gasteiger partial charge in [0.15, 0.2) is 0 Å². The van der Waals surface area contributed by atoms with E-state index in [0.29, 0.717) is 49.4 Å². The highest BCUT2D eigenvalue weighted by Crippen LogP contribution is 2.14. The molecule has 2 aromatic heterocycles. The van der Waals surface area contributed by atoms with E-state index in [0.717, 1.165) is 5.56 Å². The molecular formula is C21H22FN5O2. The van der Waals surface area contributed by atoms with Crippen molar-refractivity contribution in [1.29, 1.82) is 0 Å². The molecule has 1 aliphatic rings. The first-order valence-corrected chi connectivity index (χ1v) is 9.64. The molecule has 1 N–H and O–H groups in total. The monoisotopic (exact) mass is 395 g/mol. The van der Waals surface area contributed by atoms with Gasteiger partial charge < -0.3 is 5.32 Å². The summed E-state index contributed by atoms with van der Waals surface area (Å²) < 4.78 is 16.2. The van der Waals surface area contributed by atoms with Gasteiger partial charge in [0.1, 0.15) is 11.6 Å². The van der Waals surface area contributed by atoms with Crippen LogP contribution in [-0.4, -0.2) is 31.3 Å². The van der Waals surface area contributed by atoms with Gasteiger partial charge in [-0.1, -0.05) is 12.1 Å². The molecule has 0 saturated carbocycles. The molecule has 0 spiro atoms. The molecule has 0 bridgehead atoms. The Labute approximate surface area is 167 Å². The minimum absolute atomic E-state index is 0.0336. The number of halogens is 1. The molecule has 8 heteroatoms. The van der Waals surface area contributed by atoms with Crippen molar-refractivity contribution in [3.8, 4) is 0 Å². The molecule has 29 heavy (non-hydrogen) atoms. The Morgan fingerprint density at radius 2 is 2.03 bits per heavy atom. The molecular weight excluding hydrogens is 373 g/mol. The minimum Gasteiger partial charge on any atom is -0.349 e. The molecule has 7 nitrogen and oxygen atoms in total. The standard InChI is InChI=1S/C21H22FN5O2/c1-14-18(3-2-11-23-14)20(28)24-17-8-9-19-25-27(21(29)26(19)12-10-17)13-15-4-6-16(22)7-5-15/h2-7,11,17H,8-10,12-13H2,1H3,(H,24,28). The fourth-order valence-electron chi connectivity index (χ4n) is 3.63. The number of nitrogens with zero attached hydrogens (tertiary/aromatic N) is 4. The van der Waals surface area contributed by atoms with Crippen LogP contribution < -0.4 is 11.0 Å². The van der Waals surface area contributed by atoms with E-state index in [1.54, 1.807) is 42.0 Å². The van der Waals surface area contributed by atoms with Crippen molar-refractivity contribution in [2.75, 3.05) is 0 Å². The van der Waals surface area contributed by atoms with Crippen molar-refractivity contribution in [3.05, 3.63) is 81.5 Å². The topological polar surface area (TPSA) is 81.8 Å². The third-order valence-electron chi connectivity index (χ3n) is 5.25. The van der Waals surface area contributed by atoms with Crippen molar-refractivity contribution in [2.24, 2.45) is 0 Å². The second-order valence-electron chi connectivity index (χ2n) is 7.27. The molecule has 1 atom stereocenters. The van der Waals surface area contributed by atoms with E-state index in [-0.39, 0.29) is 23.5 Å². The van der Waals surface area contributed by atoms with E-state index in [1.165, 1.54) is 16.8 Å². The molecule has 0 fully saturated rings. The quantitative estimate of drug-likeness (QED) is 0.733. The van der Waals surface area contributed by atoms with Crippen LogP contribution in [0.15, 0.2) is 47.4 Å². The van der Waals surface area contributed by atoms with Crippen LogP contribution in [-0.2, 0) is 19.5 Å². The van der Waals surface area contributed by atoms with E-state index < -0.39 is 0 Å². The van der Waals surface area contributed by atoms with Gasteiger partial charge in [-0.3, -0.25) is 14.3 Å². The highest BCUT2D eigenvalue weighted by atomic mass is 19.1. The molecule has 1 amide bonds. The number of aromatic nitrogens is 4. The summed E-state index contributed by atoms with van der Waals surface area (Å²) in [5, 5.41) is 7.52. The van der Waals surface area contributed by atoms with Crippen molar-refractivity contribution >= 4 is 5.91 Å². The van der Waals surface area contributed by atoms with Gasteiger partial charge >= 0.3 is 5.69 Å². The van der Waals surface area contributed by atoms with E-state index in [1.807, 2.05) is 0 Å². The number of amides is 1. The van der Waals surface area contributed by atoms with E-state index in [2.05, 4.69) is 15.4 Å². The number of carbonyl (C=O) groups excluding carboxylic acids is 1. The number of hydrogen-bond donors (Lipinski definition) is 1. The number of carbonyl (C=O) groups is 1. The number of fused-ring (bicyclic) bond motifs is 1. The Bertz CT molecular complexity index is 1090. The van der Waals surface area contributed by atoms with Gasteiger partial charge in [0.05, 0.1) is 12.1 Å². The zero-order valence-corrected chi connectivity index (χ0v) is 16.1. The summed E-state index contributed by atoms with van der Waals surface area (Å²) in [6.07, 6.45) is 3.62. The first-order valence-electron chi connectivity index (χ1n) is 9.64. The average molecular weight is 395 g/mol. The highest BCUT2D eigenvalue weighted by molar-refractivity contribution is 5.95.